The fourth-order valence-corrected chi connectivity index (χ4v) is 2.51. The summed E-state index contributed by atoms with van der Waals surface area (Å²) in [6, 6.07) is 24.0. The number of nitrogens with one attached hydrogen (secondary N) is 1. The minimum atomic E-state index is 0.735. The number of hydrogen-bond donors (Lipinski definition) is 1. The Bertz CT molecular complexity index is 970. The fourth-order valence-electron chi connectivity index (χ4n) is 2.51. The highest BCUT2D eigenvalue weighted by atomic mass is 16.5. The van der Waals surface area contributed by atoms with Crippen LogP contribution in [0, 0.1) is 0 Å². The van der Waals surface area contributed by atoms with Gasteiger partial charge < -0.3 is 9.72 Å². The first kappa shape index (κ1) is 14.3. The third-order valence-electron chi connectivity index (χ3n) is 3.74. The van der Waals surface area contributed by atoms with Gasteiger partial charge in [0.15, 0.2) is 5.88 Å². The molecule has 4 aromatic rings. The van der Waals surface area contributed by atoms with Crippen LogP contribution in [0.1, 0.15) is 11.3 Å². The molecule has 116 valence electrons. The van der Waals surface area contributed by atoms with Gasteiger partial charge in [0, 0.05) is 17.6 Å². The molecule has 3 heteroatoms. The lowest BCUT2D eigenvalue weighted by atomic mass is 10.1. The summed E-state index contributed by atoms with van der Waals surface area (Å²) in [7, 11) is 0. The number of aromatic amines is 1. The number of hydrogen-bond acceptors (Lipinski definition) is 2. The molecule has 1 N–H and O–H groups in total. The van der Waals surface area contributed by atoms with Gasteiger partial charge in [-0.05, 0) is 42.0 Å². The number of benzene rings is 2. The van der Waals surface area contributed by atoms with Gasteiger partial charge in [0.05, 0.1) is 11.2 Å². The first-order chi connectivity index (χ1) is 11.9. The fraction of sp³-hybridized carbons (Fsp3) is 0. The van der Waals surface area contributed by atoms with E-state index in [2.05, 4.69) is 28.2 Å². The van der Waals surface area contributed by atoms with Crippen LogP contribution in [-0.2, 0) is 0 Å². The van der Waals surface area contributed by atoms with E-state index in [1.54, 1.807) is 0 Å². The molecule has 0 fully saturated rings. The minimum absolute atomic E-state index is 0.735. The number of fused-ring (bicyclic) bond motifs is 1. The molecule has 0 aliphatic heterocycles. The second kappa shape index (κ2) is 6.42. The van der Waals surface area contributed by atoms with Crippen LogP contribution in [0.4, 0.5) is 0 Å². The van der Waals surface area contributed by atoms with Gasteiger partial charge in [-0.3, -0.25) is 0 Å². The van der Waals surface area contributed by atoms with E-state index in [1.165, 1.54) is 0 Å². The van der Waals surface area contributed by atoms with Crippen molar-refractivity contribution in [2.24, 2.45) is 0 Å². The number of H-pyrrole nitrogens is 1. The van der Waals surface area contributed by atoms with E-state index >= 15 is 0 Å². The van der Waals surface area contributed by atoms with E-state index in [1.807, 2.05) is 72.9 Å². The lowest BCUT2D eigenvalue weighted by Crippen LogP contribution is -1.84. The van der Waals surface area contributed by atoms with E-state index < -0.39 is 0 Å². The number of nitrogens with zero attached hydrogens (tertiary/aromatic N) is 1. The van der Waals surface area contributed by atoms with Crippen molar-refractivity contribution in [1.82, 2.24) is 9.97 Å². The average molecular weight is 312 g/mol. The van der Waals surface area contributed by atoms with Crippen LogP contribution in [0.15, 0.2) is 79.0 Å². The zero-order valence-electron chi connectivity index (χ0n) is 13.0. The number of pyridine rings is 1. The molecule has 2 aromatic carbocycles. The van der Waals surface area contributed by atoms with Crippen molar-refractivity contribution >= 4 is 23.1 Å². The number of ether oxygens (including phenoxy) is 1. The second-order valence-corrected chi connectivity index (χ2v) is 5.47. The molecular weight excluding hydrogens is 296 g/mol. The summed E-state index contributed by atoms with van der Waals surface area (Å²) >= 11 is 0. The Kier molecular flexibility index (Phi) is 3.82. The molecule has 0 saturated heterocycles. The maximum absolute atomic E-state index is 5.69. The summed E-state index contributed by atoms with van der Waals surface area (Å²) < 4.78 is 5.69. The van der Waals surface area contributed by atoms with Gasteiger partial charge in [0.2, 0.25) is 0 Å². The smallest absolute Gasteiger partial charge is 0.197 e. The molecule has 0 unspecified atom stereocenters. The highest BCUT2D eigenvalue weighted by Gasteiger charge is 1.98. The molecule has 0 aliphatic rings. The van der Waals surface area contributed by atoms with Crippen LogP contribution >= 0.6 is 0 Å². The van der Waals surface area contributed by atoms with Crippen molar-refractivity contribution in [3.8, 4) is 11.6 Å². The molecule has 0 amide bonds. The Morgan fingerprint density at radius 3 is 2.50 bits per heavy atom. The molecule has 0 bridgehead atoms. The second-order valence-electron chi connectivity index (χ2n) is 5.47. The van der Waals surface area contributed by atoms with Crippen LogP contribution in [0.25, 0.3) is 23.1 Å². The predicted octanol–water partition coefficient (Wildman–Crippen LogP) is 5.53. The van der Waals surface area contributed by atoms with E-state index in [0.29, 0.717) is 0 Å². The Labute approximate surface area is 140 Å². The van der Waals surface area contributed by atoms with Crippen LogP contribution in [0.3, 0.4) is 0 Å². The molecule has 2 aromatic heterocycles. The number of aromatic nitrogens is 2. The Hall–Kier alpha value is -3.33. The summed E-state index contributed by atoms with van der Waals surface area (Å²) in [6.45, 7) is 0. The SMILES string of the molecule is C(=C\c1ccc2ccccc2n1)/c1ccc(Oc2ccc[nH]2)cc1. The molecular formula is C21H16N2O. The zero-order valence-corrected chi connectivity index (χ0v) is 13.0. The van der Waals surface area contributed by atoms with Gasteiger partial charge in [-0.25, -0.2) is 4.98 Å². The van der Waals surface area contributed by atoms with Crippen molar-refractivity contribution in [2.45, 2.75) is 0 Å². The van der Waals surface area contributed by atoms with Crippen LogP contribution < -0.4 is 4.74 Å². The maximum atomic E-state index is 5.69. The topological polar surface area (TPSA) is 37.9 Å². The molecule has 0 radical (unpaired) electrons. The number of rotatable bonds is 4. The highest BCUT2D eigenvalue weighted by molar-refractivity contribution is 5.80. The highest BCUT2D eigenvalue weighted by Crippen LogP contribution is 2.20. The molecule has 24 heavy (non-hydrogen) atoms. The summed E-state index contributed by atoms with van der Waals surface area (Å²) in [5.41, 5.74) is 3.05. The van der Waals surface area contributed by atoms with Gasteiger partial charge in [-0.2, -0.15) is 0 Å². The Morgan fingerprint density at radius 2 is 1.67 bits per heavy atom. The van der Waals surface area contributed by atoms with Crippen molar-refractivity contribution < 1.29 is 4.74 Å². The Balaban J connectivity index is 1.50. The zero-order chi connectivity index (χ0) is 16.2. The van der Waals surface area contributed by atoms with E-state index in [9.17, 15) is 0 Å². The first-order valence-electron chi connectivity index (χ1n) is 7.82. The largest absolute Gasteiger partial charge is 0.441 e. The normalized spacial score (nSPS) is 11.2. The van der Waals surface area contributed by atoms with E-state index in [-0.39, 0.29) is 0 Å². The van der Waals surface area contributed by atoms with Crippen LogP contribution in [0.5, 0.6) is 11.6 Å². The number of para-hydroxylation sites is 1. The van der Waals surface area contributed by atoms with Crippen LogP contribution in [0.2, 0.25) is 0 Å². The van der Waals surface area contributed by atoms with Gasteiger partial charge in [0.25, 0.3) is 0 Å². The van der Waals surface area contributed by atoms with Gasteiger partial charge in [-0.15, -0.1) is 0 Å². The van der Waals surface area contributed by atoms with Crippen molar-refractivity contribution in [3.05, 3.63) is 90.3 Å². The summed E-state index contributed by atoms with van der Waals surface area (Å²) in [5, 5.41) is 1.15. The molecule has 0 spiro atoms. The lowest BCUT2D eigenvalue weighted by molar-refractivity contribution is 0.466. The summed E-state index contributed by atoms with van der Waals surface area (Å²) in [6.07, 6.45) is 5.91. The molecule has 0 atom stereocenters. The standard InChI is InChI=1S/C21H16N2O/c1-2-5-20-17(4-1)10-12-18(23-20)11-7-16-8-13-19(14-9-16)24-21-6-3-15-22-21/h1-15,22H/b11-7+. The third kappa shape index (κ3) is 3.20. The predicted molar refractivity (Wildman–Crippen MR) is 98.0 cm³/mol. The Morgan fingerprint density at radius 1 is 0.792 bits per heavy atom. The first-order valence-corrected chi connectivity index (χ1v) is 7.82. The van der Waals surface area contributed by atoms with Crippen molar-refractivity contribution in [3.63, 3.8) is 0 Å². The lowest BCUT2D eigenvalue weighted by Gasteiger charge is -2.03. The molecule has 4 rings (SSSR count). The summed E-state index contributed by atoms with van der Waals surface area (Å²) in [5.74, 6) is 1.54. The summed E-state index contributed by atoms with van der Waals surface area (Å²) in [4.78, 5) is 7.66. The maximum Gasteiger partial charge on any atom is 0.197 e. The van der Waals surface area contributed by atoms with Gasteiger partial charge >= 0.3 is 0 Å². The molecule has 0 aliphatic carbocycles. The molecule has 2 heterocycles. The average Bonchev–Trinajstić information content (AvgIpc) is 3.14. The van der Waals surface area contributed by atoms with Gasteiger partial charge in [0.1, 0.15) is 5.75 Å². The monoisotopic (exact) mass is 312 g/mol. The van der Waals surface area contributed by atoms with E-state index in [0.717, 1.165) is 33.8 Å². The minimum Gasteiger partial charge on any atom is -0.441 e. The van der Waals surface area contributed by atoms with E-state index in [4.69, 9.17) is 4.74 Å². The van der Waals surface area contributed by atoms with Crippen molar-refractivity contribution in [1.29, 1.82) is 0 Å². The third-order valence-corrected chi connectivity index (χ3v) is 3.74. The molecule has 0 saturated carbocycles. The van der Waals surface area contributed by atoms with Crippen LogP contribution in [-0.4, -0.2) is 9.97 Å². The van der Waals surface area contributed by atoms with Crippen molar-refractivity contribution in [2.75, 3.05) is 0 Å². The molecule has 3 nitrogen and oxygen atoms in total. The van der Waals surface area contributed by atoms with Gasteiger partial charge in [-0.1, -0.05) is 42.5 Å². The quantitative estimate of drug-likeness (QED) is 0.538.